The van der Waals surface area contributed by atoms with Crippen molar-refractivity contribution >= 4 is 0 Å². The quantitative estimate of drug-likeness (QED) is 0.543. The van der Waals surface area contributed by atoms with Crippen molar-refractivity contribution in [3.05, 3.63) is 0 Å². The molecule has 0 aromatic rings. The summed E-state index contributed by atoms with van der Waals surface area (Å²) in [6.07, 6.45) is 0.706. The molecule has 0 saturated carbocycles. The Morgan fingerprint density at radius 1 is 1.60 bits per heavy atom. The van der Waals surface area contributed by atoms with E-state index < -0.39 is 5.54 Å². The molecule has 10 heavy (non-hydrogen) atoms. The van der Waals surface area contributed by atoms with Crippen molar-refractivity contribution in [2.75, 3.05) is 19.8 Å². The van der Waals surface area contributed by atoms with Crippen LogP contribution in [-0.4, -0.2) is 30.5 Å². The fraction of sp³-hybridized carbons (Fsp3) is 1.00. The molecule has 0 aliphatic rings. The molecule has 62 valence electrons. The van der Waals surface area contributed by atoms with Gasteiger partial charge in [0, 0.05) is 18.8 Å². The van der Waals surface area contributed by atoms with Crippen LogP contribution in [0, 0.1) is 0 Å². The first-order valence-corrected chi connectivity index (χ1v) is 3.60. The van der Waals surface area contributed by atoms with Crippen molar-refractivity contribution in [2.24, 2.45) is 5.73 Å². The van der Waals surface area contributed by atoms with E-state index in [0.717, 1.165) is 0 Å². The summed E-state index contributed by atoms with van der Waals surface area (Å²) in [5, 5.41) is 8.71. The third kappa shape index (κ3) is 4.73. The van der Waals surface area contributed by atoms with Crippen LogP contribution in [0.1, 0.15) is 20.3 Å². The Morgan fingerprint density at radius 2 is 2.20 bits per heavy atom. The number of aliphatic hydroxyl groups excluding tert-OH is 1. The molecule has 0 aromatic heterocycles. The monoisotopic (exact) mass is 147 g/mol. The van der Waals surface area contributed by atoms with E-state index in [9.17, 15) is 0 Å². The SMILES string of the molecule is CCOCCC(C)(N)CO. The smallest absolute Gasteiger partial charge is 0.0609 e. The van der Waals surface area contributed by atoms with Crippen LogP contribution < -0.4 is 5.73 Å². The standard InChI is InChI=1S/C7H17NO2/c1-3-10-5-4-7(2,8)6-9/h9H,3-6,8H2,1-2H3. The van der Waals surface area contributed by atoms with E-state index in [1.807, 2.05) is 13.8 Å². The van der Waals surface area contributed by atoms with E-state index >= 15 is 0 Å². The molecule has 0 aliphatic heterocycles. The molecule has 0 fully saturated rings. The van der Waals surface area contributed by atoms with Crippen LogP contribution in [0.25, 0.3) is 0 Å². The summed E-state index contributed by atoms with van der Waals surface area (Å²) in [7, 11) is 0. The zero-order valence-electron chi connectivity index (χ0n) is 6.76. The van der Waals surface area contributed by atoms with E-state index in [2.05, 4.69) is 0 Å². The highest BCUT2D eigenvalue weighted by Gasteiger charge is 2.15. The molecule has 0 rings (SSSR count). The van der Waals surface area contributed by atoms with Crippen LogP contribution in [0.3, 0.4) is 0 Å². The predicted octanol–water partition coefficient (Wildman–Crippen LogP) is 0.123. The Morgan fingerprint density at radius 3 is 2.60 bits per heavy atom. The minimum atomic E-state index is -0.477. The van der Waals surface area contributed by atoms with Gasteiger partial charge in [-0.1, -0.05) is 0 Å². The maximum absolute atomic E-state index is 8.71. The maximum Gasteiger partial charge on any atom is 0.0609 e. The summed E-state index contributed by atoms with van der Waals surface area (Å²) in [6.45, 7) is 5.10. The van der Waals surface area contributed by atoms with Crippen LogP contribution in [0.15, 0.2) is 0 Å². The van der Waals surface area contributed by atoms with Gasteiger partial charge >= 0.3 is 0 Å². The highest BCUT2D eigenvalue weighted by molar-refractivity contribution is 4.76. The molecule has 0 radical (unpaired) electrons. The lowest BCUT2D eigenvalue weighted by Crippen LogP contribution is -2.41. The van der Waals surface area contributed by atoms with Gasteiger partial charge in [-0.3, -0.25) is 0 Å². The molecule has 0 bridgehead atoms. The Bertz CT molecular complexity index is 83.7. The zero-order chi connectivity index (χ0) is 8.04. The molecule has 3 heteroatoms. The topological polar surface area (TPSA) is 55.5 Å². The Balaban J connectivity index is 3.28. The van der Waals surface area contributed by atoms with Gasteiger partial charge in [0.25, 0.3) is 0 Å². The average molecular weight is 147 g/mol. The number of aliphatic hydroxyl groups is 1. The van der Waals surface area contributed by atoms with Crippen LogP contribution in [0.4, 0.5) is 0 Å². The van der Waals surface area contributed by atoms with Crippen molar-refractivity contribution in [3.8, 4) is 0 Å². The maximum atomic E-state index is 8.71. The van der Waals surface area contributed by atoms with Gasteiger partial charge in [0.1, 0.15) is 0 Å². The molecule has 0 aromatic carbocycles. The van der Waals surface area contributed by atoms with E-state index in [4.69, 9.17) is 15.6 Å². The number of hydrogen-bond donors (Lipinski definition) is 2. The molecule has 1 atom stereocenters. The second-order valence-corrected chi connectivity index (χ2v) is 2.76. The second kappa shape index (κ2) is 4.66. The van der Waals surface area contributed by atoms with Crippen LogP contribution in [0.5, 0.6) is 0 Å². The van der Waals surface area contributed by atoms with E-state index in [-0.39, 0.29) is 6.61 Å². The second-order valence-electron chi connectivity index (χ2n) is 2.76. The fourth-order valence-electron chi connectivity index (χ4n) is 0.529. The molecular formula is C7H17NO2. The largest absolute Gasteiger partial charge is 0.394 e. The molecule has 3 nitrogen and oxygen atoms in total. The van der Waals surface area contributed by atoms with Gasteiger partial charge < -0.3 is 15.6 Å². The highest BCUT2D eigenvalue weighted by Crippen LogP contribution is 2.03. The Hall–Kier alpha value is -0.120. The Labute approximate surface area is 62.2 Å². The number of nitrogens with two attached hydrogens (primary N) is 1. The van der Waals surface area contributed by atoms with E-state index in [0.29, 0.717) is 19.6 Å². The van der Waals surface area contributed by atoms with Gasteiger partial charge in [-0.2, -0.15) is 0 Å². The molecule has 0 spiro atoms. The van der Waals surface area contributed by atoms with E-state index in [1.165, 1.54) is 0 Å². The number of rotatable bonds is 5. The van der Waals surface area contributed by atoms with Crippen molar-refractivity contribution in [1.82, 2.24) is 0 Å². The van der Waals surface area contributed by atoms with Crippen LogP contribution >= 0.6 is 0 Å². The first-order chi connectivity index (χ1) is 4.62. The van der Waals surface area contributed by atoms with Crippen molar-refractivity contribution in [2.45, 2.75) is 25.8 Å². The molecule has 0 saturated heterocycles. The molecule has 0 amide bonds. The van der Waals surface area contributed by atoms with Crippen LogP contribution in [-0.2, 0) is 4.74 Å². The van der Waals surface area contributed by atoms with Gasteiger partial charge in [-0.25, -0.2) is 0 Å². The van der Waals surface area contributed by atoms with Crippen LogP contribution in [0.2, 0.25) is 0 Å². The molecule has 1 unspecified atom stereocenters. The first-order valence-electron chi connectivity index (χ1n) is 3.60. The van der Waals surface area contributed by atoms with Gasteiger partial charge in [0.2, 0.25) is 0 Å². The zero-order valence-corrected chi connectivity index (χ0v) is 6.76. The van der Waals surface area contributed by atoms with Gasteiger partial charge in [0.15, 0.2) is 0 Å². The molecule has 0 aliphatic carbocycles. The normalized spacial score (nSPS) is 16.8. The van der Waals surface area contributed by atoms with Gasteiger partial charge in [-0.05, 0) is 20.3 Å². The predicted molar refractivity (Wildman–Crippen MR) is 40.8 cm³/mol. The average Bonchev–Trinajstić information content (AvgIpc) is 1.89. The third-order valence-corrected chi connectivity index (χ3v) is 1.38. The van der Waals surface area contributed by atoms with Crippen molar-refractivity contribution < 1.29 is 9.84 Å². The number of hydrogen-bond acceptors (Lipinski definition) is 3. The van der Waals surface area contributed by atoms with Crippen molar-refractivity contribution in [3.63, 3.8) is 0 Å². The first kappa shape index (κ1) is 9.88. The summed E-state index contributed by atoms with van der Waals surface area (Å²) >= 11 is 0. The minimum absolute atomic E-state index is 0.0140. The summed E-state index contributed by atoms with van der Waals surface area (Å²) in [6, 6.07) is 0. The lowest BCUT2D eigenvalue weighted by atomic mass is 10.0. The summed E-state index contributed by atoms with van der Waals surface area (Å²) < 4.78 is 5.08. The summed E-state index contributed by atoms with van der Waals surface area (Å²) in [5.74, 6) is 0. The number of ether oxygens (including phenoxy) is 1. The fourth-order valence-corrected chi connectivity index (χ4v) is 0.529. The Kier molecular flexibility index (Phi) is 4.60. The summed E-state index contributed by atoms with van der Waals surface area (Å²) in [5.41, 5.74) is 5.15. The lowest BCUT2D eigenvalue weighted by molar-refractivity contribution is 0.109. The van der Waals surface area contributed by atoms with E-state index in [1.54, 1.807) is 0 Å². The minimum Gasteiger partial charge on any atom is -0.394 e. The highest BCUT2D eigenvalue weighted by atomic mass is 16.5. The van der Waals surface area contributed by atoms with Crippen molar-refractivity contribution in [1.29, 1.82) is 0 Å². The summed E-state index contributed by atoms with van der Waals surface area (Å²) in [4.78, 5) is 0. The van der Waals surface area contributed by atoms with Gasteiger partial charge in [-0.15, -0.1) is 0 Å². The molecule has 3 N–H and O–H groups in total. The van der Waals surface area contributed by atoms with Gasteiger partial charge in [0.05, 0.1) is 6.61 Å². The molecule has 0 heterocycles. The molecular weight excluding hydrogens is 130 g/mol. The third-order valence-electron chi connectivity index (χ3n) is 1.38. The lowest BCUT2D eigenvalue weighted by Gasteiger charge is -2.20.